The van der Waals surface area contributed by atoms with Gasteiger partial charge in [0.25, 0.3) is 5.70 Å². The molecule has 180 valence electrons. The Labute approximate surface area is 198 Å². The van der Waals surface area contributed by atoms with Gasteiger partial charge in [-0.25, -0.2) is 0 Å². The van der Waals surface area contributed by atoms with Gasteiger partial charge in [-0.1, -0.05) is 30.3 Å². The Morgan fingerprint density at radius 2 is 1.85 bits per heavy atom. The van der Waals surface area contributed by atoms with Crippen LogP contribution < -0.4 is 20.1 Å². The normalized spacial score (nSPS) is 12.1. The van der Waals surface area contributed by atoms with Crippen LogP contribution in [0.2, 0.25) is 0 Å². The zero-order chi connectivity index (χ0) is 24.3. The number of hydrogen-bond donors (Lipinski definition) is 2. The van der Waals surface area contributed by atoms with Gasteiger partial charge >= 0.3 is 0 Å². The van der Waals surface area contributed by atoms with Crippen LogP contribution in [0, 0.1) is 10.1 Å². The van der Waals surface area contributed by atoms with E-state index in [1.807, 2.05) is 37.3 Å². The third kappa shape index (κ3) is 7.33. The Balaban J connectivity index is 1.44. The van der Waals surface area contributed by atoms with E-state index in [4.69, 9.17) is 9.47 Å². The van der Waals surface area contributed by atoms with Crippen LogP contribution in [0.5, 0.6) is 11.5 Å². The van der Waals surface area contributed by atoms with Crippen molar-refractivity contribution in [2.24, 2.45) is 0 Å². The molecule has 0 spiro atoms. The molecule has 1 aliphatic rings. The first-order valence-electron chi connectivity index (χ1n) is 11.4. The minimum absolute atomic E-state index is 0.0271. The summed E-state index contributed by atoms with van der Waals surface area (Å²) in [5, 5.41) is 16.8. The van der Waals surface area contributed by atoms with Crippen LogP contribution in [-0.4, -0.2) is 36.5 Å². The number of benzene rings is 2. The average Bonchev–Trinajstić information content (AvgIpc) is 2.82. The average molecular weight is 468 g/mol. The highest BCUT2D eigenvalue weighted by molar-refractivity contribution is 5.92. The number of nitrogens with one attached hydrogen (secondary N) is 2. The van der Waals surface area contributed by atoms with Gasteiger partial charge in [-0.15, -0.1) is 0 Å². The third-order valence-electron chi connectivity index (χ3n) is 5.22. The molecule has 0 radical (unpaired) electrons. The smallest absolute Gasteiger partial charge is 0.284 e. The molecule has 0 saturated carbocycles. The lowest BCUT2D eigenvalue weighted by molar-refractivity contribution is -0.427. The molecule has 34 heavy (non-hydrogen) atoms. The molecule has 0 unspecified atom stereocenters. The molecule has 3 rings (SSSR count). The quantitative estimate of drug-likeness (QED) is 0.277. The van der Waals surface area contributed by atoms with E-state index < -0.39 is 4.92 Å². The predicted octanol–water partition coefficient (Wildman–Crippen LogP) is 3.95. The number of hydrogen-bond acceptors (Lipinski definition) is 6. The van der Waals surface area contributed by atoms with E-state index in [1.165, 1.54) is 11.6 Å². The Kier molecular flexibility index (Phi) is 9.02. The molecule has 2 aromatic rings. The summed E-state index contributed by atoms with van der Waals surface area (Å²) in [6.45, 7) is 2.63. The molecule has 0 aliphatic carbocycles. The molecule has 1 aliphatic heterocycles. The summed E-state index contributed by atoms with van der Waals surface area (Å²) in [5.74, 6) is 0.604. The molecule has 0 fully saturated rings. The van der Waals surface area contributed by atoms with Crippen molar-refractivity contribution >= 4 is 23.6 Å². The summed E-state index contributed by atoms with van der Waals surface area (Å²) in [5.41, 5.74) is 2.05. The van der Waals surface area contributed by atoms with Gasteiger partial charge in [-0.05, 0) is 37.8 Å². The first-order chi connectivity index (χ1) is 16.5. The number of carbonyl (C=O) groups excluding carboxylic acids is 2. The lowest BCUT2D eigenvalue weighted by Gasteiger charge is -2.19. The number of ether oxygens (including phenoxy) is 2. The second-order valence-electron chi connectivity index (χ2n) is 7.85. The van der Waals surface area contributed by atoms with E-state index >= 15 is 0 Å². The fourth-order valence-corrected chi connectivity index (χ4v) is 3.57. The van der Waals surface area contributed by atoms with Crippen molar-refractivity contribution in [3.05, 3.63) is 69.4 Å². The van der Waals surface area contributed by atoms with Crippen LogP contribution in [0.25, 0.3) is 6.08 Å². The Hall–Kier alpha value is -3.88. The Morgan fingerprint density at radius 1 is 1.12 bits per heavy atom. The highest BCUT2D eigenvalue weighted by Gasteiger charge is 2.24. The van der Waals surface area contributed by atoms with Gasteiger partial charge in [0.05, 0.1) is 11.5 Å². The van der Waals surface area contributed by atoms with Crippen LogP contribution in [0.1, 0.15) is 43.7 Å². The molecular weight excluding hydrogens is 438 g/mol. The number of carbonyl (C=O) groups is 2. The SMILES string of the molecule is CCOc1cc(NC(=O)CCCCC(=O)NCCc2ccccc2)cc2c1OCC([N+](=O)[O-])=C2. The zero-order valence-electron chi connectivity index (χ0n) is 19.2. The Morgan fingerprint density at radius 3 is 2.56 bits per heavy atom. The monoisotopic (exact) mass is 467 g/mol. The molecule has 9 heteroatoms. The summed E-state index contributed by atoms with van der Waals surface area (Å²) in [4.78, 5) is 35.0. The molecular formula is C25H29N3O6. The molecule has 0 bridgehead atoms. The van der Waals surface area contributed by atoms with Crippen LogP contribution in [0.4, 0.5) is 5.69 Å². The molecule has 0 saturated heterocycles. The summed E-state index contributed by atoms with van der Waals surface area (Å²) in [7, 11) is 0. The van der Waals surface area contributed by atoms with Gasteiger partial charge in [0.15, 0.2) is 18.1 Å². The molecule has 2 amide bonds. The topological polar surface area (TPSA) is 120 Å². The van der Waals surface area contributed by atoms with Crippen molar-refractivity contribution in [1.82, 2.24) is 5.32 Å². The highest BCUT2D eigenvalue weighted by atomic mass is 16.6. The van der Waals surface area contributed by atoms with Gasteiger partial charge in [0, 0.05) is 42.8 Å². The lowest BCUT2D eigenvalue weighted by atomic mass is 10.1. The number of nitro groups is 1. The van der Waals surface area contributed by atoms with Gasteiger partial charge in [0.1, 0.15) is 0 Å². The van der Waals surface area contributed by atoms with E-state index in [0.717, 1.165) is 6.42 Å². The van der Waals surface area contributed by atoms with Crippen LogP contribution in [0.15, 0.2) is 48.2 Å². The van der Waals surface area contributed by atoms with Crippen LogP contribution in [-0.2, 0) is 16.0 Å². The maximum Gasteiger partial charge on any atom is 0.284 e. The van der Waals surface area contributed by atoms with Gasteiger partial charge in [-0.2, -0.15) is 0 Å². The largest absolute Gasteiger partial charge is 0.490 e. The second-order valence-corrected chi connectivity index (χ2v) is 7.85. The number of nitrogens with zero attached hydrogens (tertiary/aromatic N) is 1. The first-order valence-corrected chi connectivity index (χ1v) is 11.4. The molecule has 1 heterocycles. The Bertz CT molecular complexity index is 1050. The fraction of sp³-hybridized carbons (Fsp3) is 0.360. The third-order valence-corrected chi connectivity index (χ3v) is 5.22. The molecule has 9 nitrogen and oxygen atoms in total. The van der Waals surface area contributed by atoms with E-state index in [2.05, 4.69) is 10.6 Å². The lowest BCUT2D eigenvalue weighted by Crippen LogP contribution is -2.25. The van der Waals surface area contributed by atoms with Crippen molar-refractivity contribution in [2.75, 3.05) is 25.1 Å². The summed E-state index contributed by atoms with van der Waals surface area (Å²) >= 11 is 0. The summed E-state index contributed by atoms with van der Waals surface area (Å²) in [6.07, 6.45) is 3.99. The summed E-state index contributed by atoms with van der Waals surface area (Å²) in [6, 6.07) is 13.2. The molecule has 0 atom stereocenters. The standard InChI is InChI=1S/C25H29N3O6/c1-2-33-22-16-20(14-19-15-21(28(31)32)17-34-25(19)22)27-24(30)11-7-6-10-23(29)26-13-12-18-8-4-3-5-9-18/h3-5,8-9,14-16H,2,6-7,10-13,17H2,1H3,(H,26,29)(H,27,30). The van der Waals surface area contributed by atoms with E-state index in [0.29, 0.717) is 55.2 Å². The van der Waals surface area contributed by atoms with E-state index in [9.17, 15) is 19.7 Å². The summed E-state index contributed by atoms with van der Waals surface area (Å²) < 4.78 is 11.1. The maximum absolute atomic E-state index is 12.4. The van der Waals surface area contributed by atoms with Crippen LogP contribution >= 0.6 is 0 Å². The number of anilines is 1. The van der Waals surface area contributed by atoms with Crippen molar-refractivity contribution in [2.45, 2.75) is 39.0 Å². The zero-order valence-corrected chi connectivity index (χ0v) is 19.2. The first kappa shape index (κ1) is 24.8. The number of unbranched alkanes of at least 4 members (excludes halogenated alkanes) is 1. The number of fused-ring (bicyclic) bond motifs is 1. The maximum atomic E-state index is 12.4. The van der Waals surface area contributed by atoms with E-state index in [1.54, 1.807) is 12.1 Å². The van der Waals surface area contributed by atoms with Crippen LogP contribution in [0.3, 0.4) is 0 Å². The van der Waals surface area contributed by atoms with Crippen molar-refractivity contribution in [1.29, 1.82) is 0 Å². The van der Waals surface area contributed by atoms with Gasteiger partial charge in [0.2, 0.25) is 11.8 Å². The predicted molar refractivity (Wildman–Crippen MR) is 128 cm³/mol. The molecule has 2 aromatic carbocycles. The second kappa shape index (κ2) is 12.4. The number of amides is 2. The van der Waals surface area contributed by atoms with Crippen molar-refractivity contribution in [3.63, 3.8) is 0 Å². The van der Waals surface area contributed by atoms with Crippen molar-refractivity contribution in [3.8, 4) is 11.5 Å². The fourth-order valence-electron chi connectivity index (χ4n) is 3.57. The van der Waals surface area contributed by atoms with Gasteiger partial charge < -0.3 is 20.1 Å². The molecule has 2 N–H and O–H groups in total. The minimum Gasteiger partial charge on any atom is -0.490 e. The number of rotatable bonds is 12. The van der Waals surface area contributed by atoms with Gasteiger partial charge in [-0.3, -0.25) is 19.7 Å². The van der Waals surface area contributed by atoms with E-state index in [-0.39, 0.29) is 30.5 Å². The molecule has 0 aromatic heterocycles. The van der Waals surface area contributed by atoms with Crippen molar-refractivity contribution < 1.29 is 24.0 Å². The minimum atomic E-state index is -0.494. The highest BCUT2D eigenvalue weighted by Crippen LogP contribution is 2.39.